The average Bonchev–Trinajstić information content (AvgIpc) is 2.80. The number of hydrogen-bond acceptors (Lipinski definition) is 5. The van der Waals surface area contributed by atoms with Crippen molar-refractivity contribution in [3.63, 3.8) is 0 Å². The first-order chi connectivity index (χ1) is 15.5. The van der Waals surface area contributed by atoms with Crippen LogP contribution in [-0.2, 0) is 16.2 Å². The Morgan fingerprint density at radius 2 is 1.72 bits per heavy atom. The van der Waals surface area contributed by atoms with Crippen LogP contribution in [0.3, 0.4) is 0 Å². The molecular weight excluding hydrogens is 406 g/mol. The third kappa shape index (κ3) is 6.70. The molecule has 0 bridgehead atoms. The number of nitrogens with one attached hydrogen (secondary N) is 2. The maximum absolute atomic E-state index is 12.1. The van der Waals surface area contributed by atoms with Gasteiger partial charge in [-0.25, -0.2) is 5.43 Å². The lowest BCUT2D eigenvalue weighted by atomic mass is 10.1. The van der Waals surface area contributed by atoms with Crippen LogP contribution in [0.2, 0.25) is 0 Å². The van der Waals surface area contributed by atoms with E-state index in [0.29, 0.717) is 24.7 Å². The van der Waals surface area contributed by atoms with Crippen LogP contribution < -0.4 is 20.2 Å². The molecule has 3 aromatic carbocycles. The second kappa shape index (κ2) is 11.3. The van der Waals surface area contributed by atoms with Gasteiger partial charge in [-0.2, -0.15) is 5.10 Å². The molecule has 0 aliphatic heterocycles. The molecule has 0 saturated heterocycles. The zero-order valence-electron chi connectivity index (χ0n) is 18.0. The van der Waals surface area contributed by atoms with Crippen molar-refractivity contribution in [3.05, 3.63) is 89.5 Å². The monoisotopic (exact) mass is 431 g/mol. The first-order valence-corrected chi connectivity index (χ1v) is 10.2. The highest BCUT2D eigenvalue weighted by molar-refractivity contribution is 6.39. The van der Waals surface area contributed by atoms with Gasteiger partial charge in [0.1, 0.15) is 18.1 Å². The van der Waals surface area contributed by atoms with Gasteiger partial charge in [0.25, 0.3) is 0 Å². The first kappa shape index (κ1) is 22.6. The van der Waals surface area contributed by atoms with Crippen molar-refractivity contribution >= 4 is 23.7 Å². The molecule has 0 spiro atoms. The molecule has 0 saturated carbocycles. The summed E-state index contributed by atoms with van der Waals surface area (Å²) in [4.78, 5) is 24.1. The van der Waals surface area contributed by atoms with E-state index in [1.165, 1.54) is 11.8 Å². The van der Waals surface area contributed by atoms with Crippen LogP contribution in [0.25, 0.3) is 0 Å². The number of aryl methyl sites for hydroxylation is 1. The minimum absolute atomic E-state index is 0.416. The van der Waals surface area contributed by atoms with Crippen molar-refractivity contribution in [2.75, 3.05) is 11.9 Å². The minimum atomic E-state index is -0.884. The lowest BCUT2D eigenvalue weighted by Gasteiger charge is -2.10. The summed E-state index contributed by atoms with van der Waals surface area (Å²) in [5.74, 6) is -0.510. The highest BCUT2D eigenvalue weighted by atomic mass is 16.5. The highest BCUT2D eigenvalue weighted by Crippen LogP contribution is 2.23. The Morgan fingerprint density at radius 3 is 2.47 bits per heavy atom. The van der Waals surface area contributed by atoms with Crippen molar-refractivity contribution in [1.29, 1.82) is 0 Å². The molecule has 164 valence electrons. The minimum Gasteiger partial charge on any atom is -0.492 e. The smallest absolute Gasteiger partial charge is 0.329 e. The number of hydrogen-bond donors (Lipinski definition) is 2. The molecule has 0 atom stereocenters. The van der Waals surface area contributed by atoms with E-state index in [4.69, 9.17) is 9.47 Å². The van der Waals surface area contributed by atoms with Gasteiger partial charge in [-0.1, -0.05) is 42.0 Å². The summed E-state index contributed by atoms with van der Waals surface area (Å²) in [5.41, 5.74) is 5.66. The molecule has 0 aliphatic carbocycles. The Balaban J connectivity index is 1.48. The third-order valence-electron chi connectivity index (χ3n) is 4.39. The largest absolute Gasteiger partial charge is 0.492 e. The SMILES string of the molecule is CCOc1ccccc1NC(=O)C(=O)NN=Cc1ccc(OCc2cccc(C)c2)cc1. The molecule has 7 nitrogen and oxygen atoms in total. The topological polar surface area (TPSA) is 89.0 Å². The molecule has 0 aromatic heterocycles. The Kier molecular flexibility index (Phi) is 7.97. The molecule has 3 rings (SSSR count). The second-order valence-electron chi connectivity index (χ2n) is 6.93. The number of nitrogens with zero attached hydrogens (tertiary/aromatic N) is 1. The first-order valence-electron chi connectivity index (χ1n) is 10.2. The summed E-state index contributed by atoms with van der Waals surface area (Å²) in [6, 6.07) is 22.3. The van der Waals surface area contributed by atoms with Crippen LogP contribution in [-0.4, -0.2) is 24.6 Å². The lowest BCUT2D eigenvalue weighted by Crippen LogP contribution is -2.32. The standard InChI is InChI=1S/C25H25N3O4/c1-3-31-23-10-5-4-9-22(23)27-24(29)25(30)28-26-16-19-11-13-21(14-12-19)32-17-20-8-6-7-18(2)15-20/h4-16H,3,17H2,1-2H3,(H,27,29)(H,28,30). The van der Waals surface area contributed by atoms with Gasteiger partial charge in [0.15, 0.2) is 0 Å². The van der Waals surface area contributed by atoms with Gasteiger partial charge in [0.2, 0.25) is 0 Å². The number of carbonyl (C=O) groups excluding carboxylic acids is 2. The van der Waals surface area contributed by atoms with E-state index in [1.807, 2.05) is 44.2 Å². The normalized spacial score (nSPS) is 10.6. The molecular formula is C25H25N3O4. The van der Waals surface area contributed by atoms with Crippen LogP contribution in [0.5, 0.6) is 11.5 Å². The summed E-state index contributed by atoms with van der Waals surface area (Å²) in [7, 11) is 0. The van der Waals surface area contributed by atoms with Crippen LogP contribution in [0.1, 0.15) is 23.6 Å². The maximum Gasteiger partial charge on any atom is 0.329 e. The van der Waals surface area contributed by atoms with Gasteiger partial charge in [0.05, 0.1) is 18.5 Å². The predicted molar refractivity (Wildman–Crippen MR) is 124 cm³/mol. The predicted octanol–water partition coefficient (Wildman–Crippen LogP) is 4.06. The molecule has 2 amide bonds. The number of ether oxygens (including phenoxy) is 2. The van der Waals surface area contributed by atoms with E-state index in [-0.39, 0.29) is 0 Å². The molecule has 0 unspecified atom stereocenters. The van der Waals surface area contributed by atoms with Gasteiger partial charge < -0.3 is 14.8 Å². The van der Waals surface area contributed by atoms with Gasteiger partial charge in [0, 0.05) is 0 Å². The van der Waals surface area contributed by atoms with Gasteiger partial charge in [-0.05, 0) is 61.4 Å². The van der Waals surface area contributed by atoms with Gasteiger partial charge >= 0.3 is 11.8 Å². The number of benzene rings is 3. The molecule has 0 aliphatic rings. The van der Waals surface area contributed by atoms with Crippen molar-refractivity contribution in [3.8, 4) is 11.5 Å². The Hall–Kier alpha value is -4.13. The van der Waals surface area contributed by atoms with Crippen molar-refractivity contribution in [1.82, 2.24) is 5.43 Å². The summed E-state index contributed by atoms with van der Waals surface area (Å²) >= 11 is 0. The third-order valence-corrected chi connectivity index (χ3v) is 4.39. The van der Waals surface area contributed by atoms with E-state index < -0.39 is 11.8 Å². The van der Waals surface area contributed by atoms with E-state index >= 15 is 0 Å². The number of para-hydroxylation sites is 2. The molecule has 0 heterocycles. The molecule has 32 heavy (non-hydrogen) atoms. The van der Waals surface area contributed by atoms with E-state index in [0.717, 1.165) is 16.9 Å². The Labute approximate surface area is 187 Å². The quantitative estimate of drug-likeness (QED) is 0.320. The van der Waals surface area contributed by atoms with Crippen LogP contribution >= 0.6 is 0 Å². The zero-order chi connectivity index (χ0) is 22.8. The highest BCUT2D eigenvalue weighted by Gasteiger charge is 2.15. The number of hydrazone groups is 1. The fourth-order valence-corrected chi connectivity index (χ4v) is 2.87. The number of anilines is 1. The summed E-state index contributed by atoms with van der Waals surface area (Å²) in [6.45, 7) is 4.80. The number of carbonyl (C=O) groups is 2. The van der Waals surface area contributed by atoms with Gasteiger partial charge in [-0.15, -0.1) is 0 Å². The fraction of sp³-hybridized carbons (Fsp3) is 0.160. The van der Waals surface area contributed by atoms with Crippen molar-refractivity contribution in [2.45, 2.75) is 20.5 Å². The Bertz CT molecular complexity index is 1090. The van der Waals surface area contributed by atoms with Crippen LogP contribution in [0, 0.1) is 6.92 Å². The molecule has 3 aromatic rings. The van der Waals surface area contributed by atoms with E-state index in [1.54, 1.807) is 36.4 Å². The van der Waals surface area contributed by atoms with Crippen molar-refractivity contribution < 1.29 is 19.1 Å². The maximum atomic E-state index is 12.1. The van der Waals surface area contributed by atoms with Crippen LogP contribution in [0.4, 0.5) is 5.69 Å². The van der Waals surface area contributed by atoms with Crippen molar-refractivity contribution in [2.24, 2.45) is 5.10 Å². The number of rotatable bonds is 8. The summed E-state index contributed by atoms with van der Waals surface area (Å²) in [6.07, 6.45) is 1.45. The summed E-state index contributed by atoms with van der Waals surface area (Å²) in [5, 5.41) is 6.35. The number of amides is 2. The average molecular weight is 431 g/mol. The second-order valence-corrected chi connectivity index (χ2v) is 6.93. The van der Waals surface area contributed by atoms with Crippen LogP contribution in [0.15, 0.2) is 77.9 Å². The molecule has 0 radical (unpaired) electrons. The lowest BCUT2D eigenvalue weighted by molar-refractivity contribution is -0.136. The molecule has 0 fully saturated rings. The Morgan fingerprint density at radius 1 is 0.938 bits per heavy atom. The zero-order valence-corrected chi connectivity index (χ0v) is 18.0. The molecule has 7 heteroatoms. The van der Waals surface area contributed by atoms with Gasteiger partial charge in [-0.3, -0.25) is 9.59 Å². The fourth-order valence-electron chi connectivity index (χ4n) is 2.87. The summed E-state index contributed by atoms with van der Waals surface area (Å²) < 4.78 is 11.2. The van der Waals surface area contributed by atoms with E-state index in [2.05, 4.69) is 21.9 Å². The molecule has 2 N–H and O–H groups in total. The van der Waals surface area contributed by atoms with E-state index in [9.17, 15) is 9.59 Å².